The second-order valence-corrected chi connectivity index (χ2v) is 10.4. The Balaban J connectivity index is 2.97. The molecule has 0 spiro atoms. The van der Waals surface area contributed by atoms with Crippen molar-refractivity contribution < 1.29 is 4.43 Å². The summed E-state index contributed by atoms with van der Waals surface area (Å²) in [5, 5.41) is 0. The van der Waals surface area contributed by atoms with Crippen LogP contribution in [0.3, 0.4) is 0 Å². The molecule has 96 valence electrons. The van der Waals surface area contributed by atoms with Gasteiger partial charge in [-0.15, -0.1) is 0 Å². The first-order valence-electron chi connectivity index (χ1n) is 6.42. The van der Waals surface area contributed by atoms with Crippen molar-refractivity contribution >= 4 is 8.32 Å². The highest BCUT2D eigenvalue weighted by Crippen LogP contribution is 2.37. The molecule has 1 aliphatic heterocycles. The Bertz CT molecular complexity index is 243. The van der Waals surface area contributed by atoms with Gasteiger partial charge in [0.2, 0.25) is 8.32 Å². The molecular weight excluding hydrogens is 216 g/mol. The lowest BCUT2D eigenvalue weighted by Gasteiger charge is -2.50. The fraction of sp³-hybridized carbons (Fsp3) is 1.00. The van der Waals surface area contributed by atoms with E-state index in [4.69, 9.17) is 15.9 Å². The molecule has 3 atom stereocenters. The third-order valence-electron chi connectivity index (χ3n) is 3.87. The second kappa shape index (κ2) is 4.76. The van der Waals surface area contributed by atoms with Crippen molar-refractivity contribution in [3.05, 3.63) is 0 Å². The maximum atomic E-state index is 6.43. The van der Waals surface area contributed by atoms with Crippen molar-refractivity contribution in [2.75, 3.05) is 0 Å². The smallest absolute Gasteiger partial charge is 0.226 e. The van der Waals surface area contributed by atoms with Crippen molar-refractivity contribution in [3.8, 4) is 0 Å². The summed E-state index contributed by atoms with van der Waals surface area (Å²) in [6.07, 6.45) is 2.33. The molecule has 1 saturated heterocycles. The zero-order chi connectivity index (χ0) is 12.6. The minimum absolute atomic E-state index is 0.0371. The highest BCUT2D eigenvalue weighted by Gasteiger charge is 2.51. The van der Waals surface area contributed by atoms with Gasteiger partial charge in [-0.25, -0.2) is 0 Å². The summed E-state index contributed by atoms with van der Waals surface area (Å²) in [5.41, 5.74) is 12.8. The quantitative estimate of drug-likeness (QED) is 0.746. The lowest BCUT2D eigenvalue weighted by molar-refractivity contribution is 0.0595. The average molecular weight is 244 g/mol. The van der Waals surface area contributed by atoms with E-state index in [2.05, 4.69) is 34.6 Å². The summed E-state index contributed by atoms with van der Waals surface area (Å²) in [6, 6.07) is 1.12. The second-order valence-electron chi connectivity index (χ2n) is 6.23. The van der Waals surface area contributed by atoms with Crippen LogP contribution in [0.15, 0.2) is 0 Å². The van der Waals surface area contributed by atoms with Crippen LogP contribution in [0.25, 0.3) is 0 Å². The standard InChI is InChI=1S/C12H28N2OSi/c1-9(2)11(14)16(10(3)13)8-6-7-12(4,5)15-16/h9-11H,6-8,13-14H2,1-5H3. The van der Waals surface area contributed by atoms with Gasteiger partial charge in [-0.05, 0) is 32.2 Å². The Labute approximate surface area is 101 Å². The summed E-state index contributed by atoms with van der Waals surface area (Å²) in [7, 11) is -2.01. The SMILES string of the molecule is CC(C)C(N)[Si]1(C(C)N)CCCC(C)(C)O1. The third-order valence-corrected chi connectivity index (χ3v) is 9.27. The van der Waals surface area contributed by atoms with E-state index in [1.54, 1.807) is 0 Å². The molecule has 0 radical (unpaired) electrons. The van der Waals surface area contributed by atoms with Crippen LogP contribution in [0.2, 0.25) is 6.04 Å². The zero-order valence-corrected chi connectivity index (χ0v) is 12.4. The van der Waals surface area contributed by atoms with Crippen molar-refractivity contribution in [2.45, 2.75) is 70.4 Å². The summed E-state index contributed by atoms with van der Waals surface area (Å²) >= 11 is 0. The Hall–Kier alpha value is 0.0969. The van der Waals surface area contributed by atoms with Crippen LogP contribution < -0.4 is 11.5 Å². The summed E-state index contributed by atoms with van der Waals surface area (Å²) < 4.78 is 6.43. The molecule has 1 aliphatic rings. The van der Waals surface area contributed by atoms with Crippen molar-refractivity contribution in [1.82, 2.24) is 0 Å². The van der Waals surface area contributed by atoms with Crippen LogP contribution in [0, 0.1) is 5.92 Å². The van der Waals surface area contributed by atoms with Gasteiger partial charge < -0.3 is 15.9 Å². The minimum Gasteiger partial charge on any atom is -0.409 e. The van der Waals surface area contributed by atoms with Crippen molar-refractivity contribution in [2.24, 2.45) is 17.4 Å². The maximum absolute atomic E-state index is 6.43. The molecule has 1 heterocycles. The van der Waals surface area contributed by atoms with E-state index in [0.717, 1.165) is 12.5 Å². The maximum Gasteiger partial charge on any atom is 0.226 e. The molecule has 4 heteroatoms. The van der Waals surface area contributed by atoms with E-state index in [9.17, 15) is 0 Å². The largest absolute Gasteiger partial charge is 0.409 e. The Morgan fingerprint density at radius 1 is 1.19 bits per heavy atom. The normalized spacial score (nSPS) is 33.8. The molecule has 0 aromatic rings. The average Bonchev–Trinajstić information content (AvgIpc) is 2.14. The first-order chi connectivity index (χ1) is 7.21. The fourth-order valence-electron chi connectivity index (χ4n) is 2.83. The van der Waals surface area contributed by atoms with Crippen molar-refractivity contribution in [1.29, 1.82) is 0 Å². The number of nitrogens with two attached hydrogens (primary N) is 2. The summed E-state index contributed by atoms with van der Waals surface area (Å²) in [6.45, 7) is 10.8. The van der Waals surface area contributed by atoms with E-state index in [0.29, 0.717) is 5.92 Å². The third kappa shape index (κ3) is 2.67. The zero-order valence-electron chi connectivity index (χ0n) is 11.4. The monoisotopic (exact) mass is 244 g/mol. The summed E-state index contributed by atoms with van der Waals surface area (Å²) in [4.78, 5) is 0. The first-order valence-corrected chi connectivity index (χ1v) is 8.69. The molecule has 4 N–H and O–H groups in total. The van der Waals surface area contributed by atoms with Crippen LogP contribution in [-0.2, 0) is 4.43 Å². The molecule has 1 rings (SSSR count). The van der Waals surface area contributed by atoms with Crippen LogP contribution in [0.4, 0.5) is 0 Å². The van der Waals surface area contributed by atoms with E-state index in [1.165, 1.54) is 6.42 Å². The molecule has 0 saturated carbocycles. The van der Waals surface area contributed by atoms with Crippen molar-refractivity contribution in [3.63, 3.8) is 0 Å². The number of hydrogen-bond donors (Lipinski definition) is 2. The molecule has 3 nitrogen and oxygen atoms in total. The molecule has 3 unspecified atom stereocenters. The molecule has 0 aromatic carbocycles. The van der Waals surface area contributed by atoms with E-state index in [1.807, 2.05) is 0 Å². The van der Waals surface area contributed by atoms with Gasteiger partial charge in [-0.3, -0.25) is 0 Å². The van der Waals surface area contributed by atoms with Crippen LogP contribution >= 0.6 is 0 Å². The van der Waals surface area contributed by atoms with Gasteiger partial charge >= 0.3 is 0 Å². The predicted octanol–water partition coefficient (Wildman–Crippen LogP) is 1.93. The Morgan fingerprint density at radius 3 is 2.12 bits per heavy atom. The molecule has 0 bridgehead atoms. The van der Waals surface area contributed by atoms with E-state index in [-0.39, 0.29) is 16.9 Å². The van der Waals surface area contributed by atoms with Gasteiger partial charge in [-0.2, -0.15) is 0 Å². The first kappa shape index (κ1) is 14.2. The fourth-order valence-corrected chi connectivity index (χ4v) is 7.64. The lowest BCUT2D eigenvalue weighted by Crippen LogP contribution is -2.70. The Morgan fingerprint density at radius 2 is 1.75 bits per heavy atom. The molecule has 1 fully saturated rings. The lowest BCUT2D eigenvalue weighted by atomic mass is 10.0. The molecule has 0 aliphatic carbocycles. The number of hydrogen-bond acceptors (Lipinski definition) is 3. The van der Waals surface area contributed by atoms with Gasteiger partial charge in [-0.1, -0.05) is 27.2 Å². The van der Waals surface area contributed by atoms with Crippen LogP contribution in [-0.4, -0.2) is 25.2 Å². The molecule has 0 aromatic heterocycles. The molecule has 16 heavy (non-hydrogen) atoms. The number of rotatable bonds is 3. The van der Waals surface area contributed by atoms with E-state index >= 15 is 0 Å². The van der Waals surface area contributed by atoms with Gasteiger partial charge in [0.05, 0.1) is 5.60 Å². The van der Waals surface area contributed by atoms with Crippen LogP contribution in [0.5, 0.6) is 0 Å². The van der Waals surface area contributed by atoms with Crippen LogP contribution in [0.1, 0.15) is 47.5 Å². The summed E-state index contributed by atoms with van der Waals surface area (Å²) in [5.74, 6) is 0.451. The molecule has 0 amide bonds. The predicted molar refractivity (Wildman–Crippen MR) is 71.4 cm³/mol. The van der Waals surface area contributed by atoms with Gasteiger partial charge in [0.1, 0.15) is 0 Å². The highest BCUT2D eigenvalue weighted by molar-refractivity contribution is 6.77. The van der Waals surface area contributed by atoms with Gasteiger partial charge in [0.25, 0.3) is 0 Å². The molecular formula is C12H28N2OSi. The minimum atomic E-state index is -2.01. The van der Waals surface area contributed by atoms with Gasteiger partial charge in [0.15, 0.2) is 0 Å². The Kier molecular flexibility index (Phi) is 4.22. The van der Waals surface area contributed by atoms with E-state index < -0.39 is 8.32 Å². The van der Waals surface area contributed by atoms with Gasteiger partial charge in [0, 0.05) is 11.3 Å². The topological polar surface area (TPSA) is 61.3 Å². The highest BCUT2D eigenvalue weighted by atomic mass is 28.4.